The molecule has 2 aromatic heterocycles. The van der Waals surface area contributed by atoms with E-state index in [-0.39, 0.29) is 5.41 Å². The summed E-state index contributed by atoms with van der Waals surface area (Å²) >= 11 is 0. The second-order valence-electron chi connectivity index (χ2n) is 7.67. The second kappa shape index (κ2) is 7.40. The number of nitrogens with zero attached hydrogens (tertiary/aromatic N) is 2. The molecule has 2 heteroatoms. The monoisotopic (exact) mass is 364 g/mol. The molecule has 0 aliphatic rings. The van der Waals surface area contributed by atoms with Gasteiger partial charge in [-0.1, -0.05) is 68.4 Å². The zero-order valence-corrected chi connectivity index (χ0v) is 16.6. The van der Waals surface area contributed by atoms with Crippen LogP contribution in [0.1, 0.15) is 30.8 Å². The minimum Gasteiger partial charge on any atom is -0.260 e. The van der Waals surface area contributed by atoms with E-state index in [1.54, 1.807) is 0 Å². The summed E-state index contributed by atoms with van der Waals surface area (Å²) in [6, 6.07) is 29.6. The van der Waals surface area contributed by atoms with Crippen molar-refractivity contribution in [3.8, 4) is 22.4 Å². The van der Waals surface area contributed by atoms with Crippen LogP contribution >= 0.6 is 0 Å². The van der Waals surface area contributed by atoms with Crippen LogP contribution in [-0.4, -0.2) is 9.97 Å². The van der Waals surface area contributed by atoms with Crippen molar-refractivity contribution in [2.75, 3.05) is 0 Å². The predicted molar refractivity (Wildman–Crippen MR) is 116 cm³/mol. The molecule has 2 nitrogen and oxygen atoms in total. The molecule has 0 radical (unpaired) electrons. The third-order valence-electron chi connectivity index (χ3n) is 5.27. The number of benzene rings is 2. The van der Waals surface area contributed by atoms with Crippen LogP contribution in [0.25, 0.3) is 22.4 Å². The van der Waals surface area contributed by atoms with Crippen molar-refractivity contribution in [3.63, 3.8) is 0 Å². The summed E-state index contributed by atoms with van der Waals surface area (Å²) in [5, 5.41) is 0. The first kappa shape index (κ1) is 18.1. The lowest BCUT2D eigenvalue weighted by Crippen LogP contribution is -2.20. The Morgan fingerprint density at radius 3 is 2.14 bits per heavy atom. The molecular formula is C26H24N2. The SMILES string of the molecule is Cc1cccc(-c2cccc(-c3cccc(C(C)(C)c4ccccn4)c3)c2)n1. The molecule has 0 N–H and O–H groups in total. The molecule has 0 spiro atoms. The van der Waals surface area contributed by atoms with E-state index in [2.05, 4.69) is 90.5 Å². The van der Waals surface area contributed by atoms with Crippen LogP contribution < -0.4 is 0 Å². The van der Waals surface area contributed by atoms with Crippen molar-refractivity contribution in [3.05, 3.63) is 108 Å². The van der Waals surface area contributed by atoms with Gasteiger partial charge >= 0.3 is 0 Å². The third kappa shape index (κ3) is 3.59. The number of hydrogen-bond acceptors (Lipinski definition) is 2. The number of aromatic nitrogens is 2. The minimum atomic E-state index is -0.160. The average Bonchev–Trinajstić information content (AvgIpc) is 2.74. The van der Waals surface area contributed by atoms with Gasteiger partial charge in [-0.25, -0.2) is 0 Å². The van der Waals surface area contributed by atoms with Gasteiger partial charge < -0.3 is 0 Å². The van der Waals surface area contributed by atoms with Crippen LogP contribution in [0.5, 0.6) is 0 Å². The van der Waals surface area contributed by atoms with Gasteiger partial charge in [-0.05, 0) is 53.9 Å². The Kier molecular flexibility index (Phi) is 4.79. The average molecular weight is 364 g/mol. The molecule has 4 rings (SSSR count). The van der Waals surface area contributed by atoms with Gasteiger partial charge in [-0.3, -0.25) is 9.97 Å². The van der Waals surface area contributed by atoms with E-state index in [0.29, 0.717) is 0 Å². The minimum absolute atomic E-state index is 0.160. The normalized spacial score (nSPS) is 11.4. The topological polar surface area (TPSA) is 25.8 Å². The first-order chi connectivity index (χ1) is 13.5. The standard InChI is InChI=1S/C26H24N2/c1-19-9-6-14-24(28-19)22-12-7-10-20(17-22)21-11-8-13-23(18-21)26(2,3)25-15-4-5-16-27-25/h4-18H,1-3H3. The van der Waals surface area contributed by atoms with Crippen molar-refractivity contribution in [2.24, 2.45) is 0 Å². The molecule has 0 amide bonds. The number of aryl methyl sites for hydroxylation is 1. The van der Waals surface area contributed by atoms with Crippen LogP contribution in [0.2, 0.25) is 0 Å². The lowest BCUT2D eigenvalue weighted by atomic mass is 9.80. The van der Waals surface area contributed by atoms with E-state index in [0.717, 1.165) is 22.6 Å². The highest BCUT2D eigenvalue weighted by atomic mass is 14.7. The maximum atomic E-state index is 4.67. The van der Waals surface area contributed by atoms with E-state index < -0.39 is 0 Å². The van der Waals surface area contributed by atoms with Crippen molar-refractivity contribution in [1.82, 2.24) is 9.97 Å². The zero-order valence-electron chi connectivity index (χ0n) is 16.6. The number of pyridine rings is 2. The molecule has 2 heterocycles. The van der Waals surface area contributed by atoms with Gasteiger partial charge in [0.1, 0.15) is 0 Å². The highest BCUT2D eigenvalue weighted by Crippen LogP contribution is 2.33. The lowest BCUT2D eigenvalue weighted by molar-refractivity contribution is 0.617. The fraction of sp³-hybridized carbons (Fsp3) is 0.154. The predicted octanol–water partition coefficient (Wildman–Crippen LogP) is 6.44. The summed E-state index contributed by atoms with van der Waals surface area (Å²) < 4.78 is 0. The number of rotatable bonds is 4. The van der Waals surface area contributed by atoms with Gasteiger partial charge in [0.25, 0.3) is 0 Å². The van der Waals surface area contributed by atoms with Crippen molar-refractivity contribution < 1.29 is 0 Å². The molecule has 0 fully saturated rings. The molecule has 0 saturated carbocycles. The van der Waals surface area contributed by atoms with Crippen LogP contribution in [0, 0.1) is 6.92 Å². The summed E-state index contributed by atoms with van der Waals surface area (Å²) in [5.41, 5.74) is 7.74. The second-order valence-corrected chi connectivity index (χ2v) is 7.67. The smallest absolute Gasteiger partial charge is 0.0705 e. The fourth-order valence-corrected chi connectivity index (χ4v) is 3.53. The Balaban J connectivity index is 1.73. The zero-order chi connectivity index (χ0) is 19.6. The Morgan fingerprint density at radius 1 is 0.679 bits per heavy atom. The summed E-state index contributed by atoms with van der Waals surface area (Å²) in [6.45, 7) is 6.47. The lowest BCUT2D eigenvalue weighted by Gasteiger charge is -2.25. The Hall–Kier alpha value is -3.26. The molecule has 4 aromatic rings. The van der Waals surface area contributed by atoms with E-state index in [1.807, 2.05) is 31.3 Å². The molecule has 2 aromatic carbocycles. The van der Waals surface area contributed by atoms with Gasteiger partial charge in [0, 0.05) is 22.9 Å². The summed E-state index contributed by atoms with van der Waals surface area (Å²) in [7, 11) is 0. The Bertz CT molecular complexity index is 1100. The van der Waals surface area contributed by atoms with E-state index in [4.69, 9.17) is 0 Å². The molecule has 0 aliphatic heterocycles. The molecular weight excluding hydrogens is 340 g/mol. The van der Waals surface area contributed by atoms with Crippen LogP contribution in [-0.2, 0) is 5.41 Å². The summed E-state index contributed by atoms with van der Waals surface area (Å²) in [5.74, 6) is 0. The highest BCUT2D eigenvalue weighted by Gasteiger charge is 2.24. The van der Waals surface area contributed by atoms with Crippen LogP contribution in [0.4, 0.5) is 0 Å². The van der Waals surface area contributed by atoms with E-state index in [1.165, 1.54) is 16.7 Å². The third-order valence-corrected chi connectivity index (χ3v) is 5.27. The molecule has 0 bridgehead atoms. The van der Waals surface area contributed by atoms with Crippen molar-refractivity contribution in [1.29, 1.82) is 0 Å². The van der Waals surface area contributed by atoms with E-state index in [9.17, 15) is 0 Å². The number of hydrogen-bond donors (Lipinski definition) is 0. The van der Waals surface area contributed by atoms with Crippen LogP contribution in [0.3, 0.4) is 0 Å². The molecule has 0 aliphatic carbocycles. The molecule has 0 unspecified atom stereocenters. The summed E-state index contributed by atoms with van der Waals surface area (Å²) in [4.78, 5) is 9.25. The van der Waals surface area contributed by atoms with Gasteiger partial charge in [-0.2, -0.15) is 0 Å². The van der Waals surface area contributed by atoms with Crippen molar-refractivity contribution in [2.45, 2.75) is 26.2 Å². The largest absolute Gasteiger partial charge is 0.260 e. The van der Waals surface area contributed by atoms with E-state index >= 15 is 0 Å². The maximum Gasteiger partial charge on any atom is 0.0705 e. The van der Waals surface area contributed by atoms with Gasteiger partial charge in [-0.15, -0.1) is 0 Å². The molecule has 28 heavy (non-hydrogen) atoms. The molecule has 0 saturated heterocycles. The first-order valence-electron chi connectivity index (χ1n) is 9.60. The maximum absolute atomic E-state index is 4.67. The van der Waals surface area contributed by atoms with Gasteiger partial charge in [0.2, 0.25) is 0 Å². The molecule has 0 atom stereocenters. The Morgan fingerprint density at radius 2 is 1.39 bits per heavy atom. The van der Waals surface area contributed by atoms with Gasteiger partial charge in [0.15, 0.2) is 0 Å². The van der Waals surface area contributed by atoms with Crippen LogP contribution in [0.15, 0.2) is 91.1 Å². The Labute approximate surface area is 167 Å². The van der Waals surface area contributed by atoms with Gasteiger partial charge in [0.05, 0.1) is 11.4 Å². The summed E-state index contributed by atoms with van der Waals surface area (Å²) in [6.07, 6.45) is 1.86. The first-order valence-corrected chi connectivity index (χ1v) is 9.60. The van der Waals surface area contributed by atoms with Crippen molar-refractivity contribution >= 4 is 0 Å². The molecule has 138 valence electrons. The highest BCUT2D eigenvalue weighted by molar-refractivity contribution is 5.72. The fourth-order valence-electron chi connectivity index (χ4n) is 3.53. The quantitative estimate of drug-likeness (QED) is 0.416.